The monoisotopic (exact) mass is 296 g/mol. The topological polar surface area (TPSA) is 87.9 Å². The fourth-order valence-electron chi connectivity index (χ4n) is 1.65. The Balaban J connectivity index is 2.39. The van der Waals surface area contributed by atoms with Gasteiger partial charge in [0.25, 0.3) is 0 Å². The van der Waals surface area contributed by atoms with Gasteiger partial charge in [0.1, 0.15) is 12.3 Å². The second-order valence-electron chi connectivity index (χ2n) is 4.55. The molecule has 1 aromatic heterocycles. The molecule has 0 aliphatic carbocycles. The highest BCUT2D eigenvalue weighted by Crippen LogP contribution is 1.98. The summed E-state index contributed by atoms with van der Waals surface area (Å²) >= 11 is 0. The molecular formula is C14H24N4O3. The molecule has 1 unspecified atom stereocenters. The van der Waals surface area contributed by atoms with Crippen molar-refractivity contribution in [1.82, 2.24) is 16.0 Å². The van der Waals surface area contributed by atoms with E-state index in [0.29, 0.717) is 24.9 Å². The van der Waals surface area contributed by atoms with Crippen LogP contribution in [-0.2, 0) is 16.1 Å². The van der Waals surface area contributed by atoms with Gasteiger partial charge in [0.2, 0.25) is 5.91 Å². The highest BCUT2D eigenvalue weighted by atomic mass is 16.5. The minimum Gasteiger partial charge on any atom is -0.467 e. The van der Waals surface area contributed by atoms with E-state index in [9.17, 15) is 4.79 Å². The molecule has 0 aliphatic rings. The molecule has 1 rings (SSSR count). The van der Waals surface area contributed by atoms with E-state index in [4.69, 9.17) is 9.15 Å². The number of ether oxygens (including phenoxy) is 1. The third-order valence-electron chi connectivity index (χ3n) is 2.56. The van der Waals surface area contributed by atoms with Crippen LogP contribution in [0.5, 0.6) is 0 Å². The van der Waals surface area contributed by atoms with E-state index in [-0.39, 0.29) is 18.5 Å². The predicted octanol–water partition coefficient (Wildman–Crippen LogP) is 0.486. The molecule has 0 aromatic carbocycles. The Kier molecular flexibility index (Phi) is 7.96. The summed E-state index contributed by atoms with van der Waals surface area (Å²) in [7, 11) is 1.64. The highest BCUT2D eigenvalue weighted by molar-refractivity contribution is 5.85. The number of guanidine groups is 1. The lowest BCUT2D eigenvalue weighted by molar-refractivity contribution is -0.119. The van der Waals surface area contributed by atoms with E-state index in [1.807, 2.05) is 19.9 Å². The van der Waals surface area contributed by atoms with Crippen molar-refractivity contribution < 1.29 is 13.9 Å². The van der Waals surface area contributed by atoms with E-state index < -0.39 is 0 Å². The standard InChI is InChI=1S/C14H24N4O3/c1-4-15-14(18-11(2)10-20-3)17-9-13(19)16-8-12-6-5-7-21-12/h5-7,11H,4,8-10H2,1-3H3,(H,16,19)(H2,15,17,18). The van der Waals surface area contributed by atoms with Crippen molar-refractivity contribution in [2.75, 3.05) is 26.8 Å². The minimum atomic E-state index is -0.164. The average Bonchev–Trinajstić information content (AvgIpc) is 2.96. The van der Waals surface area contributed by atoms with Crippen molar-refractivity contribution in [1.29, 1.82) is 0 Å². The van der Waals surface area contributed by atoms with E-state index in [2.05, 4.69) is 20.9 Å². The number of carbonyl (C=O) groups is 1. The molecule has 7 heteroatoms. The second kappa shape index (κ2) is 9.82. The smallest absolute Gasteiger partial charge is 0.242 e. The second-order valence-corrected chi connectivity index (χ2v) is 4.55. The third kappa shape index (κ3) is 7.36. The summed E-state index contributed by atoms with van der Waals surface area (Å²) in [5, 5.41) is 8.98. The quantitative estimate of drug-likeness (QED) is 0.480. The zero-order chi connectivity index (χ0) is 15.5. The summed E-state index contributed by atoms with van der Waals surface area (Å²) in [6.45, 7) is 5.65. The summed E-state index contributed by atoms with van der Waals surface area (Å²) < 4.78 is 10.2. The molecule has 0 saturated heterocycles. The summed E-state index contributed by atoms with van der Waals surface area (Å²) in [6, 6.07) is 3.70. The number of amides is 1. The van der Waals surface area contributed by atoms with Gasteiger partial charge >= 0.3 is 0 Å². The van der Waals surface area contributed by atoms with Gasteiger partial charge < -0.3 is 25.1 Å². The lowest BCUT2D eigenvalue weighted by Crippen LogP contribution is -2.44. The Morgan fingerprint density at radius 3 is 2.90 bits per heavy atom. The van der Waals surface area contributed by atoms with E-state index >= 15 is 0 Å². The molecule has 3 N–H and O–H groups in total. The van der Waals surface area contributed by atoms with Crippen LogP contribution in [0.2, 0.25) is 0 Å². The molecule has 1 heterocycles. The zero-order valence-corrected chi connectivity index (χ0v) is 12.8. The molecule has 0 spiro atoms. The molecule has 21 heavy (non-hydrogen) atoms. The van der Waals surface area contributed by atoms with Gasteiger partial charge in [-0.2, -0.15) is 0 Å². The van der Waals surface area contributed by atoms with Gasteiger partial charge in [0, 0.05) is 19.7 Å². The first-order chi connectivity index (χ1) is 10.2. The number of furan rings is 1. The van der Waals surface area contributed by atoms with Crippen LogP contribution in [0.25, 0.3) is 0 Å². The third-order valence-corrected chi connectivity index (χ3v) is 2.56. The van der Waals surface area contributed by atoms with Crippen molar-refractivity contribution in [3.05, 3.63) is 24.2 Å². The van der Waals surface area contributed by atoms with E-state index in [1.54, 1.807) is 19.4 Å². The molecular weight excluding hydrogens is 272 g/mol. The zero-order valence-electron chi connectivity index (χ0n) is 12.8. The van der Waals surface area contributed by atoms with Gasteiger partial charge in [-0.3, -0.25) is 4.79 Å². The number of hydrogen-bond donors (Lipinski definition) is 3. The minimum absolute atomic E-state index is 0.0513. The normalized spacial score (nSPS) is 12.8. The first-order valence-electron chi connectivity index (χ1n) is 6.98. The number of rotatable bonds is 8. The molecule has 7 nitrogen and oxygen atoms in total. The first kappa shape index (κ1) is 17.0. The lowest BCUT2D eigenvalue weighted by atomic mass is 10.4. The van der Waals surface area contributed by atoms with Crippen molar-refractivity contribution in [2.24, 2.45) is 4.99 Å². The Morgan fingerprint density at radius 2 is 2.29 bits per heavy atom. The Morgan fingerprint density at radius 1 is 1.48 bits per heavy atom. The Labute approximate surface area is 125 Å². The van der Waals surface area contributed by atoms with Gasteiger partial charge in [-0.25, -0.2) is 4.99 Å². The maximum Gasteiger partial charge on any atom is 0.242 e. The summed E-state index contributed by atoms with van der Waals surface area (Å²) in [6.07, 6.45) is 1.57. The fraction of sp³-hybridized carbons (Fsp3) is 0.571. The van der Waals surface area contributed by atoms with Crippen LogP contribution in [0.3, 0.4) is 0 Å². The van der Waals surface area contributed by atoms with Crippen LogP contribution in [0.1, 0.15) is 19.6 Å². The van der Waals surface area contributed by atoms with Crippen LogP contribution in [0, 0.1) is 0 Å². The molecule has 118 valence electrons. The van der Waals surface area contributed by atoms with E-state index in [1.165, 1.54) is 0 Å². The molecule has 0 fully saturated rings. The van der Waals surface area contributed by atoms with Crippen LogP contribution in [0.4, 0.5) is 0 Å². The van der Waals surface area contributed by atoms with Crippen molar-refractivity contribution in [3.63, 3.8) is 0 Å². The largest absolute Gasteiger partial charge is 0.467 e. The fourth-order valence-corrected chi connectivity index (χ4v) is 1.65. The van der Waals surface area contributed by atoms with Gasteiger partial charge in [-0.05, 0) is 26.0 Å². The van der Waals surface area contributed by atoms with Gasteiger partial charge in [-0.1, -0.05) is 0 Å². The van der Waals surface area contributed by atoms with Crippen LogP contribution in [0.15, 0.2) is 27.8 Å². The van der Waals surface area contributed by atoms with Crippen molar-refractivity contribution in [3.8, 4) is 0 Å². The summed E-state index contributed by atoms with van der Waals surface area (Å²) in [5.74, 6) is 1.14. The van der Waals surface area contributed by atoms with Crippen LogP contribution in [-0.4, -0.2) is 44.7 Å². The number of nitrogens with one attached hydrogen (secondary N) is 3. The molecule has 1 atom stereocenters. The van der Waals surface area contributed by atoms with Gasteiger partial charge in [-0.15, -0.1) is 0 Å². The van der Waals surface area contributed by atoms with Gasteiger partial charge in [0.15, 0.2) is 5.96 Å². The summed E-state index contributed by atoms with van der Waals surface area (Å²) in [4.78, 5) is 16.0. The van der Waals surface area contributed by atoms with Crippen LogP contribution < -0.4 is 16.0 Å². The Bertz CT molecular complexity index is 431. The van der Waals surface area contributed by atoms with Gasteiger partial charge in [0.05, 0.1) is 19.4 Å². The molecule has 1 amide bonds. The lowest BCUT2D eigenvalue weighted by Gasteiger charge is -2.16. The Hall–Kier alpha value is -2.02. The maximum atomic E-state index is 11.7. The predicted molar refractivity (Wildman–Crippen MR) is 81.0 cm³/mol. The number of hydrogen-bond acceptors (Lipinski definition) is 4. The van der Waals surface area contributed by atoms with Crippen molar-refractivity contribution in [2.45, 2.75) is 26.4 Å². The number of carbonyl (C=O) groups excluding carboxylic acids is 1. The molecule has 0 radical (unpaired) electrons. The number of aliphatic imine (C=N–C) groups is 1. The van der Waals surface area contributed by atoms with E-state index in [0.717, 1.165) is 6.54 Å². The SMILES string of the molecule is CCNC(=NCC(=O)NCc1ccco1)NC(C)COC. The molecule has 1 aromatic rings. The molecule has 0 saturated carbocycles. The number of methoxy groups -OCH3 is 1. The number of nitrogens with zero attached hydrogens (tertiary/aromatic N) is 1. The van der Waals surface area contributed by atoms with Crippen LogP contribution >= 0.6 is 0 Å². The molecule has 0 bridgehead atoms. The first-order valence-corrected chi connectivity index (χ1v) is 6.98. The van der Waals surface area contributed by atoms with Crippen molar-refractivity contribution >= 4 is 11.9 Å². The maximum absolute atomic E-state index is 11.7. The average molecular weight is 296 g/mol. The molecule has 0 aliphatic heterocycles. The summed E-state index contributed by atoms with van der Waals surface area (Å²) in [5.41, 5.74) is 0. The highest BCUT2D eigenvalue weighted by Gasteiger charge is 2.06.